The van der Waals surface area contributed by atoms with Crippen molar-refractivity contribution in [2.45, 2.75) is 12.8 Å². The van der Waals surface area contributed by atoms with E-state index >= 15 is 0 Å². The average molecular weight is 474 g/mol. The highest BCUT2D eigenvalue weighted by Crippen LogP contribution is 2.25. The van der Waals surface area contributed by atoms with Crippen molar-refractivity contribution in [3.05, 3.63) is 57.0 Å². The summed E-state index contributed by atoms with van der Waals surface area (Å²) in [5.74, 6) is -1.53. The number of hydrogen-bond donors (Lipinski definition) is 2. The Labute approximate surface area is 174 Å². The third-order valence-electron chi connectivity index (χ3n) is 3.25. The summed E-state index contributed by atoms with van der Waals surface area (Å²) >= 11 is 15.0. The van der Waals surface area contributed by atoms with Gasteiger partial charge in [0, 0.05) is 21.6 Å². The van der Waals surface area contributed by atoms with Crippen LogP contribution in [0.3, 0.4) is 0 Å². The molecule has 0 spiro atoms. The maximum atomic E-state index is 11.9. The Bertz CT molecular complexity index is 844. The lowest BCUT2D eigenvalue weighted by atomic mass is 10.2. The first kappa shape index (κ1) is 21.2. The number of halogens is 3. The average Bonchev–Trinajstić information content (AvgIpc) is 2.62. The Morgan fingerprint density at radius 2 is 1.63 bits per heavy atom. The molecule has 0 heterocycles. The number of esters is 1. The molecule has 0 aromatic heterocycles. The van der Waals surface area contributed by atoms with Gasteiger partial charge in [-0.3, -0.25) is 14.4 Å². The van der Waals surface area contributed by atoms with Crippen LogP contribution in [0.4, 0.5) is 11.4 Å². The topological polar surface area (TPSA) is 84.5 Å². The maximum Gasteiger partial charge on any atom is 0.306 e. The normalized spacial score (nSPS) is 10.2. The zero-order valence-corrected chi connectivity index (χ0v) is 17.0. The van der Waals surface area contributed by atoms with Crippen LogP contribution in [0.2, 0.25) is 10.0 Å². The summed E-state index contributed by atoms with van der Waals surface area (Å²) in [6.07, 6.45) is -0.269. The molecule has 142 valence electrons. The summed E-state index contributed by atoms with van der Waals surface area (Å²) in [5.41, 5.74) is 0.978. The Hall–Kier alpha value is -2.09. The van der Waals surface area contributed by atoms with Gasteiger partial charge < -0.3 is 15.4 Å². The van der Waals surface area contributed by atoms with Gasteiger partial charge in [0.1, 0.15) is 0 Å². The minimum atomic E-state index is -0.654. The van der Waals surface area contributed by atoms with E-state index < -0.39 is 24.4 Å². The van der Waals surface area contributed by atoms with Gasteiger partial charge >= 0.3 is 5.97 Å². The monoisotopic (exact) mass is 472 g/mol. The Balaban J connectivity index is 1.69. The summed E-state index contributed by atoms with van der Waals surface area (Å²) < 4.78 is 5.74. The predicted molar refractivity (Wildman–Crippen MR) is 108 cm³/mol. The number of amides is 2. The van der Waals surface area contributed by atoms with Crippen LogP contribution >= 0.6 is 39.1 Å². The van der Waals surface area contributed by atoms with E-state index in [1.807, 2.05) is 0 Å². The molecule has 6 nitrogen and oxygen atoms in total. The summed E-state index contributed by atoms with van der Waals surface area (Å²) in [7, 11) is 0. The van der Waals surface area contributed by atoms with Crippen molar-refractivity contribution in [1.82, 2.24) is 0 Å². The van der Waals surface area contributed by atoms with E-state index in [0.29, 0.717) is 21.4 Å². The molecule has 0 saturated carbocycles. The van der Waals surface area contributed by atoms with Crippen LogP contribution in [0.15, 0.2) is 46.9 Å². The van der Waals surface area contributed by atoms with Gasteiger partial charge in [-0.2, -0.15) is 0 Å². The first-order valence-electron chi connectivity index (χ1n) is 7.79. The summed E-state index contributed by atoms with van der Waals surface area (Å²) in [6, 6.07) is 11.6. The highest BCUT2D eigenvalue weighted by atomic mass is 79.9. The van der Waals surface area contributed by atoms with Gasteiger partial charge in [0.25, 0.3) is 5.91 Å². The fourth-order valence-corrected chi connectivity index (χ4v) is 2.69. The van der Waals surface area contributed by atoms with E-state index in [-0.39, 0.29) is 12.8 Å². The zero-order valence-electron chi connectivity index (χ0n) is 13.9. The lowest BCUT2D eigenvalue weighted by molar-refractivity contribution is -0.147. The van der Waals surface area contributed by atoms with Gasteiger partial charge in [-0.1, -0.05) is 39.1 Å². The van der Waals surface area contributed by atoms with Crippen LogP contribution in [0.1, 0.15) is 12.8 Å². The second-order valence-corrected chi connectivity index (χ2v) is 7.15. The minimum absolute atomic E-state index is 0.105. The van der Waals surface area contributed by atoms with Crippen LogP contribution in [-0.4, -0.2) is 24.4 Å². The molecule has 0 aliphatic heterocycles. The van der Waals surface area contributed by atoms with Gasteiger partial charge in [-0.25, -0.2) is 0 Å². The number of anilines is 2. The molecule has 0 aliphatic rings. The van der Waals surface area contributed by atoms with E-state index in [2.05, 4.69) is 26.6 Å². The Morgan fingerprint density at radius 3 is 2.30 bits per heavy atom. The van der Waals surface area contributed by atoms with Crippen LogP contribution in [-0.2, 0) is 19.1 Å². The van der Waals surface area contributed by atoms with E-state index in [1.54, 1.807) is 36.4 Å². The van der Waals surface area contributed by atoms with Crippen LogP contribution in [0.5, 0.6) is 0 Å². The van der Waals surface area contributed by atoms with E-state index in [1.165, 1.54) is 6.07 Å². The molecule has 0 radical (unpaired) electrons. The van der Waals surface area contributed by atoms with Crippen molar-refractivity contribution < 1.29 is 19.1 Å². The number of ether oxygens (including phenoxy) is 1. The SMILES string of the molecule is O=C(COC(=O)CCC(=O)Nc1ccc(Cl)cc1Cl)Nc1ccc(Br)cc1. The van der Waals surface area contributed by atoms with Gasteiger partial charge in [0.05, 0.1) is 17.1 Å². The highest BCUT2D eigenvalue weighted by molar-refractivity contribution is 9.10. The van der Waals surface area contributed by atoms with Crippen molar-refractivity contribution in [2.24, 2.45) is 0 Å². The van der Waals surface area contributed by atoms with E-state index in [0.717, 1.165) is 4.47 Å². The van der Waals surface area contributed by atoms with Crippen molar-refractivity contribution >= 4 is 68.3 Å². The maximum absolute atomic E-state index is 11.9. The van der Waals surface area contributed by atoms with E-state index in [9.17, 15) is 14.4 Å². The fraction of sp³-hybridized carbons (Fsp3) is 0.167. The number of carbonyl (C=O) groups is 3. The number of rotatable bonds is 7. The van der Waals surface area contributed by atoms with Crippen LogP contribution in [0, 0.1) is 0 Å². The van der Waals surface area contributed by atoms with Gasteiger partial charge in [-0.05, 0) is 42.5 Å². The second kappa shape index (κ2) is 10.3. The molecule has 2 N–H and O–H groups in total. The standard InChI is InChI=1S/C18H15BrCl2N2O4/c19-11-1-4-13(5-2-11)22-17(25)10-27-18(26)8-7-16(24)23-15-6-3-12(20)9-14(15)21/h1-6,9H,7-8,10H2,(H,22,25)(H,23,24). The molecule has 9 heteroatoms. The molecule has 0 atom stereocenters. The van der Waals surface area contributed by atoms with Crippen molar-refractivity contribution in [1.29, 1.82) is 0 Å². The molecule has 2 amide bonds. The molecule has 0 fully saturated rings. The molecule has 2 aromatic rings. The highest BCUT2D eigenvalue weighted by Gasteiger charge is 2.12. The Kier molecular flexibility index (Phi) is 8.09. The van der Waals surface area contributed by atoms with Crippen molar-refractivity contribution in [2.75, 3.05) is 17.2 Å². The summed E-state index contributed by atoms with van der Waals surface area (Å²) in [4.78, 5) is 35.3. The quantitative estimate of drug-likeness (QED) is 0.573. The van der Waals surface area contributed by atoms with Gasteiger partial charge in [-0.15, -0.1) is 0 Å². The first-order chi connectivity index (χ1) is 12.8. The van der Waals surface area contributed by atoms with E-state index in [4.69, 9.17) is 27.9 Å². The smallest absolute Gasteiger partial charge is 0.306 e. The fourth-order valence-electron chi connectivity index (χ4n) is 1.97. The molecular weight excluding hydrogens is 459 g/mol. The number of carbonyl (C=O) groups excluding carboxylic acids is 3. The third-order valence-corrected chi connectivity index (χ3v) is 4.33. The van der Waals surface area contributed by atoms with Crippen LogP contribution < -0.4 is 10.6 Å². The van der Waals surface area contributed by atoms with Crippen molar-refractivity contribution in [3.63, 3.8) is 0 Å². The van der Waals surface area contributed by atoms with Gasteiger partial charge in [0.15, 0.2) is 6.61 Å². The molecule has 0 aliphatic carbocycles. The number of benzene rings is 2. The Morgan fingerprint density at radius 1 is 0.926 bits per heavy atom. The molecular formula is C18H15BrCl2N2O4. The number of hydrogen-bond acceptors (Lipinski definition) is 4. The largest absolute Gasteiger partial charge is 0.456 e. The molecule has 0 bridgehead atoms. The predicted octanol–water partition coefficient (Wildman–Crippen LogP) is 4.66. The summed E-state index contributed by atoms with van der Waals surface area (Å²) in [6.45, 7) is -0.431. The van der Waals surface area contributed by atoms with Gasteiger partial charge in [0.2, 0.25) is 5.91 Å². The molecule has 2 aromatic carbocycles. The third kappa shape index (κ3) is 7.58. The zero-order chi connectivity index (χ0) is 19.8. The lowest BCUT2D eigenvalue weighted by Gasteiger charge is -2.08. The second-order valence-electron chi connectivity index (χ2n) is 5.39. The minimum Gasteiger partial charge on any atom is -0.456 e. The lowest BCUT2D eigenvalue weighted by Crippen LogP contribution is -2.21. The first-order valence-corrected chi connectivity index (χ1v) is 9.34. The number of nitrogens with one attached hydrogen (secondary N) is 2. The molecule has 0 saturated heterocycles. The molecule has 2 rings (SSSR count). The summed E-state index contributed by atoms with van der Waals surface area (Å²) in [5, 5.41) is 5.91. The van der Waals surface area contributed by atoms with Crippen molar-refractivity contribution in [3.8, 4) is 0 Å². The molecule has 27 heavy (non-hydrogen) atoms. The van der Waals surface area contributed by atoms with Crippen LogP contribution in [0.25, 0.3) is 0 Å². The molecule has 0 unspecified atom stereocenters.